The van der Waals surface area contributed by atoms with Gasteiger partial charge in [0.05, 0.1) is 18.5 Å². The minimum atomic E-state index is -3.24. The highest BCUT2D eigenvalue weighted by atomic mass is 32.2. The fourth-order valence-electron chi connectivity index (χ4n) is 1.19. The molecule has 1 saturated carbocycles. The van der Waals surface area contributed by atoms with Crippen molar-refractivity contribution in [3.63, 3.8) is 0 Å². The van der Waals surface area contributed by atoms with Crippen LogP contribution in [0.4, 0.5) is 0 Å². The van der Waals surface area contributed by atoms with Crippen molar-refractivity contribution in [2.75, 3.05) is 12.9 Å². The van der Waals surface area contributed by atoms with Crippen LogP contribution in [0.3, 0.4) is 0 Å². The maximum absolute atomic E-state index is 10.6. The minimum absolute atomic E-state index is 0.381. The normalized spacial score (nSPS) is 18.1. The smallest absolute Gasteiger partial charge is 0.293 e. The molecule has 0 amide bonds. The molecule has 0 N–H and O–H groups in total. The van der Waals surface area contributed by atoms with Crippen LogP contribution in [0.15, 0.2) is 0 Å². The fraction of sp³-hybridized carbons (Fsp3) is 0.889. The molecule has 0 aromatic carbocycles. The van der Waals surface area contributed by atoms with Crippen LogP contribution in [0.25, 0.3) is 0 Å². The molecule has 0 spiro atoms. The van der Waals surface area contributed by atoms with E-state index in [2.05, 4.69) is 4.74 Å². The summed E-state index contributed by atoms with van der Waals surface area (Å²) in [4.78, 5) is 9.18. The number of carbonyl (C=O) groups excluding carboxylic acids is 1. The number of ether oxygens (including phenoxy) is 1. The SMILES string of the molecule is CC1(OS(C)(=O)=O)CCC1.CCOC=O. The zero-order valence-corrected chi connectivity index (χ0v) is 10.2. The van der Waals surface area contributed by atoms with E-state index in [9.17, 15) is 13.2 Å². The van der Waals surface area contributed by atoms with Crippen molar-refractivity contribution in [2.45, 2.75) is 38.7 Å². The van der Waals surface area contributed by atoms with Gasteiger partial charge < -0.3 is 4.74 Å². The summed E-state index contributed by atoms with van der Waals surface area (Å²) in [5, 5.41) is 0. The van der Waals surface area contributed by atoms with Crippen LogP contribution in [-0.2, 0) is 23.8 Å². The van der Waals surface area contributed by atoms with Crippen LogP contribution >= 0.6 is 0 Å². The molecular weight excluding hydrogens is 220 g/mol. The van der Waals surface area contributed by atoms with E-state index in [0.29, 0.717) is 13.1 Å². The topological polar surface area (TPSA) is 69.7 Å². The van der Waals surface area contributed by atoms with Gasteiger partial charge in [0.1, 0.15) is 0 Å². The third-order valence-electron chi connectivity index (χ3n) is 2.00. The van der Waals surface area contributed by atoms with Gasteiger partial charge in [-0.05, 0) is 33.1 Å². The Morgan fingerprint density at radius 1 is 1.40 bits per heavy atom. The van der Waals surface area contributed by atoms with Crippen molar-refractivity contribution < 1.29 is 22.1 Å². The van der Waals surface area contributed by atoms with Gasteiger partial charge >= 0.3 is 0 Å². The summed E-state index contributed by atoms with van der Waals surface area (Å²) < 4.78 is 30.2. The molecule has 0 aliphatic heterocycles. The molecule has 0 unspecified atom stereocenters. The molecule has 0 saturated heterocycles. The molecule has 1 rings (SSSR count). The molecule has 0 radical (unpaired) electrons. The molecule has 0 aromatic heterocycles. The highest BCUT2D eigenvalue weighted by Gasteiger charge is 2.36. The van der Waals surface area contributed by atoms with Gasteiger partial charge in [0, 0.05) is 0 Å². The first kappa shape index (κ1) is 14.4. The van der Waals surface area contributed by atoms with Gasteiger partial charge in [0.15, 0.2) is 0 Å². The second kappa shape index (κ2) is 6.07. The number of rotatable bonds is 4. The summed E-state index contributed by atoms with van der Waals surface area (Å²) in [5.41, 5.74) is -0.381. The predicted molar refractivity (Wildman–Crippen MR) is 55.9 cm³/mol. The maximum atomic E-state index is 10.6. The molecule has 15 heavy (non-hydrogen) atoms. The summed E-state index contributed by atoms with van der Waals surface area (Å²) in [6.07, 6.45) is 3.89. The van der Waals surface area contributed by atoms with Gasteiger partial charge in [0.2, 0.25) is 0 Å². The van der Waals surface area contributed by atoms with Crippen LogP contribution in [0.1, 0.15) is 33.1 Å². The summed E-state index contributed by atoms with van der Waals surface area (Å²) in [6.45, 7) is 4.50. The molecule has 5 nitrogen and oxygen atoms in total. The van der Waals surface area contributed by atoms with Crippen LogP contribution in [-0.4, -0.2) is 33.4 Å². The van der Waals surface area contributed by atoms with E-state index >= 15 is 0 Å². The Morgan fingerprint density at radius 3 is 2.00 bits per heavy atom. The van der Waals surface area contributed by atoms with Gasteiger partial charge in [-0.2, -0.15) is 8.42 Å². The Bertz CT molecular complexity index is 279. The zero-order valence-electron chi connectivity index (χ0n) is 9.36. The van der Waals surface area contributed by atoms with Gasteiger partial charge in [-0.1, -0.05) is 0 Å². The fourth-order valence-corrected chi connectivity index (χ4v) is 2.09. The standard InChI is InChI=1S/C6H12O3S.C3H6O2/c1-6(4-3-5-6)9-10(2,7)8;1-2-5-3-4/h3-5H2,1-2H3;3H,2H2,1H3. The van der Waals surface area contributed by atoms with Crippen molar-refractivity contribution in [3.8, 4) is 0 Å². The van der Waals surface area contributed by atoms with Gasteiger partial charge in [0.25, 0.3) is 16.6 Å². The Kier molecular flexibility index (Phi) is 5.82. The van der Waals surface area contributed by atoms with Crippen molar-refractivity contribution >= 4 is 16.6 Å². The molecule has 1 aliphatic rings. The first-order chi connectivity index (χ1) is 6.83. The number of hydrogen-bond donors (Lipinski definition) is 0. The molecular formula is C9H18O5S. The van der Waals surface area contributed by atoms with Crippen LogP contribution in [0.5, 0.6) is 0 Å². The van der Waals surface area contributed by atoms with Crippen molar-refractivity contribution in [1.82, 2.24) is 0 Å². The molecule has 0 bridgehead atoms. The summed E-state index contributed by atoms with van der Waals surface area (Å²) in [6, 6.07) is 0. The summed E-state index contributed by atoms with van der Waals surface area (Å²) >= 11 is 0. The average molecular weight is 238 g/mol. The van der Waals surface area contributed by atoms with E-state index in [-0.39, 0.29) is 5.60 Å². The summed E-state index contributed by atoms with van der Waals surface area (Å²) in [7, 11) is -3.24. The minimum Gasteiger partial charge on any atom is -0.468 e. The molecule has 1 aliphatic carbocycles. The summed E-state index contributed by atoms with van der Waals surface area (Å²) in [5.74, 6) is 0. The van der Waals surface area contributed by atoms with Crippen LogP contribution in [0.2, 0.25) is 0 Å². The number of hydrogen-bond acceptors (Lipinski definition) is 5. The molecule has 0 heterocycles. The van der Waals surface area contributed by atoms with E-state index in [1.807, 2.05) is 6.92 Å². The van der Waals surface area contributed by atoms with Crippen molar-refractivity contribution in [3.05, 3.63) is 0 Å². The van der Waals surface area contributed by atoms with E-state index in [4.69, 9.17) is 4.18 Å². The van der Waals surface area contributed by atoms with Crippen molar-refractivity contribution in [1.29, 1.82) is 0 Å². The predicted octanol–water partition coefficient (Wildman–Crippen LogP) is 1.08. The Balaban J connectivity index is 0.000000336. The van der Waals surface area contributed by atoms with Crippen LogP contribution < -0.4 is 0 Å². The highest BCUT2D eigenvalue weighted by Crippen LogP contribution is 2.35. The third kappa shape index (κ3) is 7.33. The second-order valence-electron chi connectivity index (χ2n) is 3.64. The number of carbonyl (C=O) groups is 1. The third-order valence-corrected chi connectivity index (χ3v) is 2.70. The molecule has 90 valence electrons. The average Bonchev–Trinajstić information content (AvgIpc) is 2.01. The Labute approximate surface area is 90.9 Å². The lowest BCUT2D eigenvalue weighted by Crippen LogP contribution is -2.38. The van der Waals surface area contributed by atoms with Crippen LogP contribution in [0, 0.1) is 0 Å². The first-order valence-electron chi connectivity index (χ1n) is 4.79. The Hall–Kier alpha value is -0.620. The lowest BCUT2D eigenvalue weighted by Gasteiger charge is -2.36. The van der Waals surface area contributed by atoms with Gasteiger partial charge in [-0.15, -0.1) is 0 Å². The second-order valence-corrected chi connectivity index (χ2v) is 5.22. The monoisotopic (exact) mass is 238 g/mol. The first-order valence-corrected chi connectivity index (χ1v) is 6.60. The largest absolute Gasteiger partial charge is 0.468 e. The quantitative estimate of drug-likeness (QED) is 0.541. The molecule has 0 aromatic rings. The van der Waals surface area contributed by atoms with Gasteiger partial charge in [-0.25, -0.2) is 0 Å². The van der Waals surface area contributed by atoms with E-state index in [0.717, 1.165) is 25.5 Å². The Morgan fingerprint density at radius 2 is 1.93 bits per heavy atom. The zero-order chi connectivity index (χ0) is 11.9. The van der Waals surface area contributed by atoms with E-state index in [1.165, 1.54) is 0 Å². The van der Waals surface area contributed by atoms with Crippen molar-refractivity contribution in [2.24, 2.45) is 0 Å². The molecule has 6 heteroatoms. The lowest BCUT2D eigenvalue weighted by atomic mass is 9.82. The van der Waals surface area contributed by atoms with E-state index < -0.39 is 10.1 Å². The molecule has 0 atom stereocenters. The van der Waals surface area contributed by atoms with E-state index in [1.54, 1.807) is 6.92 Å². The lowest BCUT2D eigenvalue weighted by molar-refractivity contribution is -0.128. The maximum Gasteiger partial charge on any atom is 0.293 e. The molecule has 1 fully saturated rings. The highest BCUT2D eigenvalue weighted by molar-refractivity contribution is 7.86. The van der Waals surface area contributed by atoms with Gasteiger partial charge in [-0.3, -0.25) is 8.98 Å².